The van der Waals surface area contributed by atoms with Gasteiger partial charge in [0.25, 0.3) is 5.56 Å². The molecule has 1 unspecified atom stereocenters. The van der Waals surface area contributed by atoms with Gasteiger partial charge in [0.1, 0.15) is 0 Å². The maximum atomic E-state index is 13.5. The number of halogens is 2. The molecule has 0 amide bonds. The Kier molecular flexibility index (Phi) is 4.70. The zero-order valence-electron chi connectivity index (χ0n) is 14.3. The first-order valence-electron chi connectivity index (χ1n) is 7.80. The van der Waals surface area contributed by atoms with Gasteiger partial charge in [0.05, 0.1) is 15.8 Å². The number of sulfonamides is 1. The molecule has 0 spiro atoms. The van der Waals surface area contributed by atoms with E-state index < -0.39 is 38.9 Å². The average Bonchev–Trinajstić information content (AvgIpc) is 2.62. The third-order valence-corrected chi connectivity index (χ3v) is 6.28. The van der Waals surface area contributed by atoms with Crippen molar-refractivity contribution in [3.8, 4) is 0 Å². The zero-order chi connectivity index (χ0) is 19.9. The number of benzene rings is 2. The molecule has 2 aromatic carbocycles. The lowest BCUT2D eigenvalue weighted by Crippen LogP contribution is -2.30. The van der Waals surface area contributed by atoms with Crippen LogP contribution in [0.2, 0.25) is 0 Å². The van der Waals surface area contributed by atoms with Gasteiger partial charge in [-0.05, 0) is 42.8 Å². The van der Waals surface area contributed by atoms with Crippen LogP contribution in [-0.4, -0.2) is 29.7 Å². The van der Waals surface area contributed by atoms with Crippen molar-refractivity contribution in [1.82, 2.24) is 14.3 Å². The zero-order valence-corrected chi connectivity index (χ0v) is 15.1. The Bertz CT molecular complexity index is 1250. The number of aromatic nitrogens is 2. The largest absolute Gasteiger partial charge is 0.326 e. The van der Waals surface area contributed by atoms with Gasteiger partial charge in [0, 0.05) is 13.1 Å². The molecule has 27 heavy (non-hydrogen) atoms. The lowest BCUT2D eigenvalue weighted by Gasteiger charge is -2.25. The molecule has 0 radical (unpaired) electrons. The quantitative estimate of drug-likeness (QED) is 0.704. The van der Waals surface area contributed by atoms with E-state index in [1.165, 1.54) is 32.2 Å². The van der Waals surface area contributed by atoms with E-state index in [1.807, 2.05) is 4.98 Å². The predicted molar refractivity (Wildman–Crippen MR) is 94.9 cm³/mol. The minimum Gasteiger partial charge on any atom is -0.307 e. The number of rotatable bonds is 4. The molecule has 0 bridgehead atoms. The molecule has 1 aromatic heterocycles. The molecule has 2 N–H and O–H groups in total. The number of H-pyrrole nitrogens is 2. The maximum absolute atomic E-state index is 13.5. The van der Waals surface area contributed by atoms with Gasteiger partial charge < -0.3 is 4.98 Å². The van der Waals surface area contributed by atoms with Crippen molar-refractivity contribution in [3.05, 3.63) is 74.4 Å². The highest BCUT2D eigenvalue weighted by molar-refractivity contribution is 7.89. The van der Waals surface area contributed by atoms with Gasteiger partial charge in [-0.2, -0.15) is 4.31 Å². The van der Waals surface area contributed by atoms with Crippen LogP contribution in [0.5, 0.6) is 0 Å². The minimum atomic E-state index is -4.06. The van der Waals surface area contributed by atoms with Crippen molar-refractivity contribution in [2.75, 3.05) is 7.05 Å². The molecule has 0 aliphatic carbocycles. The molecule has 3 aromatic rings. The Hall–Kier alpha value is -2.85. The third kappa shape index (κ3) is 3.40. The van der Waals surface area contributed by atoms with Gasteiger partial charge in [-0.15, -0.1) is 0 Å². The lowest BCUT2D eigenvalue weighted by atomic mass is 10.1. The van der Waals surface area contributed by atoms with E-state index in [4.69, 9.17) is 0 Å². The van der Waals surface area contributed by atoms with Crippen molar-refractivity contribution < 1.29 is 17.2 Å². The molecule has 0 fully saturated rings. The topological polar surface area (TPSA) is 103 Å². The fraction of sp³-hybridized carbons (Fsp3) is 0.176. The lowest BCUT2D eigenvalue weighted by molar-refractivity contribution is 0.395. The Morgan fingerprint density at radius 1 is 1.00 bits per heavy atom. The van der Waals surface area contributed by atoms with E-state index in [0.29, 0.717) is 0 Å². The monoisotopic (exact) mass is 395 g/mol. The highest BCUT2D eigenvalue weighted by atomic mass is 32.2. The molecular formula is C17H15F2N3O4S. The van der Waals surface area contributed by atoms with Crippen LogP contribution in [0.15, 0.2) is 50.9 Å². The highest BCUT2D eigenvalue weighted by Gasteiger charge is 2.27. The van der Waals surface area contributed by atoms with Crippen LogP contribution in [0.1, 0.15) is 18.5 Å². The van der Waals surface area contributed by atoms with Gasteiger partial charge in [-0.25, -0.2) is 22.0 Å². The smallest absolute Gasteiger partial charge is 0.307 e. The Labute approximate surface area is 152 Å². The maximum Gasteiger partial charge on any atom is 0.326 e. The third-order valence-electron chi connectivity index (χ3n) is 4.36. The summed E-state index contributed by atoms with van der Waals surface area (Å²) < 4.78 is 53.4. The molecule has 10 heteroatoms. The Balaban J connectivity index is 2.04. The van der Waals surface area contributed by atoms with Crippen LogP contribution in [0.25, 0.3) is 10.9 Å². The van der Waals surface area contributed by atoms with Gasteiger partial charge >= 0.3 is 5.69 Å². The SMILES string of the molecule is CC(c1ccc(F)c(F)c1)N(C)S(=O)(=O)c1ccc2[nH]c(=O)[nH]c(=O)c2c1. The molecule has 1 heterocycles. The number of hydrogen-bond donors (Lipinski definition) is 2. The van der Waals surface area contributed by atoms with Crippen molar-refractivity contribution >= 4 is 20.9 Å². The van der Waals surface area contributed by atoms with Crippen molar-refractivity contribution in [1.29, 1.82) is 0 Å². The number of nitrogens with one attached hydrogen (secondary N) is 2. The molecule has 0 aliphatic heterocycles. The molecule has 7 nitrogen and oxygen atoms in total. The summed E-state index contributed by atoms with van der Waals surface area (Å²) in [5.41, 5.74) is -0.962. The fourth-order valence-electron chi connectivity index (χ4n) is 2.66. The minimum absolute atomic E-state index is 0.00422. The van der Waals surface area contributed by atoms with Crippen LogP contribution in [0, 0.1) is 11.6 Å². The second-order valence-corrected chi connectivity index (χ2v) is 7.98. The van der Waals surface area contributed by atoms with Crippen molar-refractivity contribution in [2.45, 2.75) is 17.9 Å². The van der Waals surface area contributed by atoms with E-state index in [-0.39, 0.29) is 21.4 Å². The van der Waals surface area contributed by atoms with E-state index >= 15 is 0 Å². The van der Waals surface area contributed by atoms with Crippen LogP contribution in [0.4, 0.5) is 8.78 Å². The van der Waals surface area contributed by atoms with E-state index in [2.05, 4.69) is 4.98 Å². The van der Waals surface area contributed by atoms with E-state index in [9.17, 15) is 26.8 Å². The Morgan fingerprint density at radius 2 is 1.70 bits per heavy atom. The summed E-state index contributed by atoms with van der Waals surface area (Å²) in [5.74, 6) is -2.11. The second-order valence-electron chi connectivity index (χ2n) is 5.99. The summed E-state index contributed by atoms with van der Waals surface area (Å²) in [7, 11) is -2.76. The fourth-order valence-corrected chi connectivity index (χ4v) is 4.04. The van der Waals surface area contributed by atoms with Crippen molar-refractivity contribution in [3.63, 3.8) is 0 Å². The molecule has 0 saturated carbocycles. The van der Waals surface area contributed by atoms with E-state index in [1.54, 1.807) is 0 Å². The molecule has 0 aliphatic rings. The summed E-state index contributed by atoms with van der Waals surface area (Å²) in [4.78, 5) is 27.5. The highest BCUT2D eigenvalue weighted by Crippen LogP contribution is 2.27. The Morgan fingerprint density at radius 3 is 2.37 bits per heavy atom. The number of fused-ring (bicyclic) bond motifs is 1. The first-order valence-corrected chi connectivity index (χ1v) is 9.24. The van der Waals surface area contributed by atoms with Gasteiger partial charge in [0.2, 0.25) is 10.0 Å². The normalized spacial score (nSPS) is 13.2. The number of hydrogen-bond acceptors (Lipinski definition) is 4. The predicted octanol–water partition coefficient (Wildman–Crippen LogP) is 1.88. The summed E-state index contributed by atoms with van der Waals surface area (Å²) in [5, 5.41) is 0.00422. The average molecular weight is 395 g/mol. The van der Waals surface area contributed by atoms with Gasteiger partial charge in [-0.1, -0.05) is 6.07 Å². The molecule has 0 saturated heterocycles. The summed E-state index contributed by atoms with van der Waals surface area (Å²) in [6.45, 7) is 1.52. The van der Waals surface area contributed by atoms with Crippen molar-refractivity contribution in [2.24, 2.45) is 0 Å². The first kappa shape index (κ1) is 18.9. The number of nitrogens with zero attached hydrogens (tertiary/aromatic N) is 1. The van der Waals surface area contributed by atoms with Gasteiger partial charge in [0.15, 0.2) is 11.6 Å². The standard InChI is InChI=1S/C17H15F2N3O4S/c1-9(10-3-5-13(18)14(19)7-10)22(2)27(25,26)11-4-6-15-12(8-11)16(23)21-17(24)20-15/h3-9H,1-2H3,(H2,20,21,23,24). The first-order chi connectivity index (χ1) is 12.6. The number of aromatic amines is 2. The molecule has 142 valence electrons. The summed E-state index contributed by atoms with van der Waals surface area (Å²) in [6, 6.07) is 6.07. The van der Waals surface area contributed by atoms with Gasteiger partial charge in [-0.3, -0.25) is 9.78 Å². The van der Waals surface area contributed by atoms with Crippen LogP contribution < -0.4 is 11.2 Å². The van der Waals surface area contributed by atoms with Crippen LogP contribution >= 0.6 is 0 Å². The van der Waals surface area contributed by atoms with Crippen LogP contribution in [0.3, 0.4) is 0 Å². The second kappa shape index (κ2) is 6.71. The summed E-state index contributed by atoms with van der Waals surface area (Å²) >= 11 is 0. The molecular weight excluding hydrogens is 380 g/mol. The van der Waals surface area contributed by atoms with E-state index in [0.717, 1.165) is 22.5 Å². The summed E-state index contributed by atoms with van der Waals surface area (Å²) in [6.07, 6.45) is 0. The molecule has 1 atom stereocenters. The van der Waals surface area contributed by atoms with Crippen LogP contribution in [-0.2, 0) is 10.0 Å². The molecule has 3 rings (SSSR count).